The van der Waals surface area contributed by atoms with Crippen molar-refractivity contribution in [2.45, 2.75) is 48.5 Å². The Morgan fingerprint density at radius 2 is 1.10 bits per heavy atom. The van der Waals surface area contributed by atoms with Crippen LogP contribution in [0.2, 0.25) is 0 Å². The van der Waals surface area contributed by atoms with Crippen LogP contribution in [0.5, 0.6) is 0 Å². The molecule has 0 spiro atoms. The van der Waals surface area contributed by atoms with E-state index < -0.39 is 0 Å². The molecular weight excluding hydrogens is 246 g/mol. The van der Waals surface area contributed by atoms with Gasteiger partial charge in [-0.2, -0.15) is 0 Å². The fourth-order valence-corrected chi connectivity index (χ4v) is 1.23. The molecule has 0 aliphatic heterocycles. The molecule has 0 aliphatic rings. The predicted octanol–water partition coefficient (Wildman–Crippen LogP) is 5.11. The van der Waals surface area contributed by atoms with Gasteiger partial charge in [0.2, 0.25) is 5.95 Å². The number of hydrogen-bond acceptors (Lipinski definition) is 3. The second-order valence-corrected chi connectivity index (χ2v) is 3.20. The van der Waals surface area contributed by atoms with Gasteiger partial charge in [-0.15, -0.1) is 0 Å². The molecule has 0 radical (unpaired) electrons. The minimum absolute atomic E-state index is 0.306. The highest BCUT2D eigenvalue weighted by molar-refractivity contribution is 5.62. The Morgan fingerprint density at radius 3 is 1.50 bits per heavy atom. The maximum atomic E-state index is 5.41. The summed E-state index contributed by atoms with van der Waals surface area (Å²) in [6, 6.07) is 8.21. The lowest BCUT2D eigenvalue weighted by atomic mass is 10.1. The molecule has 2 N–H and O–H groups in total. The Kier molecular flexibility index (Phi) is 13.8. The highest BCUT2D eigenvalue weighted by Gasteiger charge is 1.97. The lowest BCUT2D eigenvalue weighted by Crippen LogP contribution is -1.93. The molecule has 0 amide bonds. The van der Waals surface area contributed by atoms with E-state index in [0.717, 1.165) is 11.1 Å². The number of nitrogen functional groups attached to an aromatic ring is 1. The Labute approximate surface area is 124 Å². The van der Waals surface area contributed by atoms with Gasteiger partial charge in [0.1, 0.15) is 0 Å². The average molecular weight is 275 g/mol. The first-order valence-electron chi connectivity index (χ1n) is 7.40. The molecule has 0 fully saturated rings. The van der Waals surface area contributed by atoms with Crippen molar-refractivity contribution in [3.05, 3.63) is 42.2 Å². The summed E-state index contributed by atoms with van der Waals surface area (Å²) in [6.45, 7) is 14.1. The van der Waals surface area contributed by atoms with E-state index in [1.54, 1.807) is 12.4 Å². The van der Waals surface area contributed by atoms with E-state index in [4.69, 9.17) is 5.73 Å². The van der Waals surface area contributed by atoms with Crippen LogP contribution in [0.4, 0.5) is 5.95 Å². The maximum Gasteiger partial charge on any atom is 0.219 e. The predicted molar refractivity (Wildman–Crippen MR) is 90.7 cm³/mol. The van der Waals surface area contributed by atoms with Gasteiger partial charge in [-0.25, -0.2) is 9.97 Å². The van der Waals surface area contributed by atoms with Crippen molar-refractivity contribution in [3.8, 4) is 11.1 Å². The SMILES string of the molecule is CC.CC.CC.Cc1ccc(-c2cnc(N)nc2)cc1. The first kappa shape index (κ1) is 20.4. The first-order valence-corrected chi connectivity index (χ1v) is 7.40. The van der Waals surface area contributed by atoms with E-state index in [-0.39, 0.29) is 0 Å². The molecule has 2 rings (SSSR count). The van der Waals surface area contributed by atoms with Gasteiger partial charge in [-0.1, -0.05) is 71.4 Å². The van der Waals surface area contributed by atoms with Crippen molar-refractivity contribution in [3.63, 3.8) is 0 Å². The van der Waals surface area contributed by atoms with Crippen molar-refractivity contribution >= 4 is 5.95 Å². The molecule has 1 heterocycles. The van der Waals surface area contributed by atoms with Crippen molar-refractivity contribution in [1.82, 2.24) is 9.97 Å². The molecule has 0 unspecified atom stereocenters. The zero-order valence-corrected chi connectivity index (χ0v) is 13.9. The quantitative estimate of drug-likeness (QED) is 0.786. The van der Waals surface area contributed by atoms with Crippen LogP contribution in [0, 0.1) is 6.92 Å². The van der Waals surface area contributed by atoms with Crippen LogP contribution in [0.25, 0.3) is 11.1 Å². The molecule has 3 heteroatoms. The first-order chi connectivity index (χ1) is 9.75. The van der Waals surface area contributed by atoms with Gasteiger partial charge < -0.3 is 5.73 Å². The molecule has 0 bridgehead atoms. The summed E-state index contributed by atoms with van der Waals surface area (Å²) in [6.07, 6.45) is 3.46. The van der Waals surface area contributed by atoms with Gasteiger partial charge in [0.15, 0.2) is 0 Å². The number of nitrogens with zero attached hydrogens (tertiary/aromatic N) is 2. The highest BCUT2D eigenvalue weighted by Crippen LogP contribution is 2.17. The number of nitrogens with two attached hydrogens (primary N) is 1. The summed E-state index contributed by atoms with van der Waals surface area (Å²) >= 11 is 0. The van der Waals surface area contributed by atoms with E-state index in [0.29, 0.717) is 5.95 Å². The highest BCUT2D eigenvalue weighted by atomic mass is 15.0. The molecule has 1 aromatic heterocycles. The molecule has 0 atom stereocenters. The van der Waals surface area contributed by atoms with Crippen LogP contribution < -0.4 is 5.73 Å². The van der Waals surface area contributed by atoms with E-state index in [1.165, 1.54) is 5.56 Å². The monoisotopic (exact) mass is 275 g/mol. The molecule has 112 valence electrons. The summed E-state index contributed by atoms with van der Waals surface area (Å²) in [5.41, 5.74) is 8.74. The van der Waals surface area contributed by atoms with E-state index >= 15 is 0 Å². The molecule has 3 nitrogen and oxygen atoms in total. The van der Waals surface area contributed by atoms with Crippen LogP contribution in [0.15, 0.2) is 36.7 Å². The van der Waals surface area contributed by atoms with Crippen LogP contribution in [0.1, 0.15) is 47.1 Å². The van der Waals surface area contributed by atoms with Gasteiger partial charge >= 0.3 is 0 Å². The van der Waals surface area contributed by atoms with Gasteiger partial charge in [-0.3, -0.25) is 0 Å². The standard InChI is InChI=1S/C11H11N3.3C2H6/c1-8-2-4-9(5-3-8)10-6-13-11(12)14-7-10;3*1-2/h2-7H,1H3,(H2,12,13,14);3*1-2H3. The molecule has 2 aromatic rings. The summed E-state index contributed by atoms with van der Waals surface area (Å²) in [5.74, 6) is 0.306. The third-order valence-corrected chi connectivity index (χ3v) is 2.06. The fourth-order valence-electron chi connectivity index (χ4n) is 1.23. The molecule has 1 aromatic carbocycles. The molecule has 0 saturated carbocycles. The summed E-state index contributed by atoms with van der Waals surface area (Å²) in [4.78, 5) is 7.89. The van der Waals surface area contributed by atoms with E-state index in [1.807, 2.05) is 53.7 Å². The molecule has 20 heavy (non-hydrogen) atoms. The zero-order valence-electron chi connectivity index (χ0n) is 13.9. The lowest BCUT2D eigenvalue weighted by molar-refractivity contribution is 1.19. The Balaban J connectivity index is 0. The lowest BCUT2D eigenvalue weighted by Gasteiger charge is -2.00. The normalized spacial score (nSPS) is 7.95. The minimum Gasteiger partial charge on any atom is -0.368 e. The van der Waals surface area contributed by atoms with E-state index in [9.17, 15) is 0 Å². The van der Waals surface area contributed by atoms with E-state index in [2.05, 4.69) is 29.0 Å². The smallest absolute Gasteiger partial charge is 0.219 e. The van der Waals surface area contributed by atoms with Gasteiger partial charge in [-0.05, 0) is 12.5 Å². The summed E-state index contributed by atoms with van der Waals surface area (Å²) < 4.78 is 0. The third kappa shape index (κ3) is 7.52. The van der Waals surface area contributed by atoms with Crippen LogP contribution >= 0.6 is 0 Å². The van der Waals surface area contributed by atoms with Crippen molar-refractivity contribution < 1.29 is 0 Å². The fraction of sp³-hybridized carbons (Fsp3) is 0.412. The number of hydrogen-bond donors (Lipinski definition) is 1. The average Bonchev–Trinajstić information content (AvgIpc) is 2.55. The maximum absolute atomic E-state index is 5.41. The number of aromatic nitrogens is 2. The van der Waals surface area contributed by atoms with Gasteiger partial charge in [0.25, 0.3) is 0 Å². The van der Waals surface area contributed by atoms with Crippen LogP contribution in [-0.4, -0.2) is 9.97 Å². The van der Waals surface area contributed by atoms with Gasteiger partial charge in [0, 0.05) is 18.0 Å². The second kappa shape index (κ2) is 13.5. The molecule has 0 saturated heterocycles. The number of benzene rings is 1. The third-order valence-electron chi connectivity index (χ3n) is 2.06. The van der Waals surface area contributed by atoms with Gasteiger partial charge in [0.05, 0.1) is 0 Å². The Hall–Kier alpha value is -1.90. The second-order valence-electron chi connectivity index (χ2n) is 3.20. The van der Waals surface area contributed by atoms with Crippen LogP contribution in [0.3, 0.4) is 0 Å². The largest absolute Gasteiger partial charge is 0.368 e. The van der Waals surface area contributed by atoms with Crippen molar-refractivity contribution in [2.75, 3.05) is 5.73 Å². The van der Waals surface area contributed by atoms with Crippen molar-refractivity contribution in [2.24, 2.45) is 0 Å². The molecule has 0 aliphatic carbocycles. The summed E-state index contributed by atoms with van der Waals surface area (Å²) in [5, 5.41) is 0. The Bertz CT molecular complexity index is 375. The number of aryl methyl sites for hydroxylation is 1. The summed E-state index contributed by atoms with van der Waals surface area (Å²) in [7, 11) is 0. The minimum atomic E-state index is 0.306. The van der Waals surface area contributed by atoms with Crippen molar-refractivity contribution in [1.29, 1.82) is 0 Å². The van der Waals surface area contributed by atoms with Crippen LogP contribution in [-0.2, 0) is 0 Å². The number of rotatable bonds is 1. The Morgan fingerprint density at radius 1 is 0.700 bits per heavy atom. The number of anilines is 1. The molecular formula is C17H29N3. The zero-order chi connectivity index (χ0) is 16.0. The topological polar surface area (TPSA) is 51.8 Å².